The van der Waals surface area contributed by atoms with Crippen molar-refractivity contribution in [1.82, 2.24) is 70.4 Å². The van der Waals surface area contributed by atoms with E-state index in [4.69, 9.17) is 29.9 Å². The lowest BCUT2D eigenvalue weighted by Crippen LogP contribution is -2.68. The Balaban J connectivity index is 1.12. The smallest absolute Gasteiger partial charge is 0.236 e. The van der Waals surface area contributed by atoms with Crippen molar-refractivity contribution in [3.63, 3.8) is 0 Å². The summed E-state index contributed by atoms with van der Waals surface area (Å²) in [6.07, 6.45) is 9.18. The summed E-state index contributed by atoms with van der Waals surface area (Å²) in [7, 11) is 4.01. The normalized spacial score (nSPS) is 28.4. The Hall–Kier alpha value is -4.60. The maximum atomic E-state index is 12.1. The van der Waals surface area contributed by atoms with Crippen molar-refractivity contribution in [2.75, 3.05) is 43.5 Å². The molecular formula is C86H154N20O8. The highest BCUT2D eigenvalue weighted by atomic mass is 16.5. The third kappa shape index (κ3) is 16.8. The number of hydroxylamine groups is 16. The second-order valence-electron chi connectivity index (χ2n) is 46.7. The Morgan fingerprint density at radius 1 is 0.202 bits per heavy atom. The fourth-order valence-electron chi connectivity index (χ4n) is 24.4. The van der Waals surface area contributed by atoms with Crippen LogP contribution < -0.4 is 29.4 Å². The second-order valence-corrected chi connectivity index (χ2v) is 46.7. The molecule has 11 rings (SSSR count). The predicted octanol–water partition coefficient (Wildman–Crippen LogP) is 16.1. The van der Waals surface area contributed by atoms with Gasteiger partial charge in [-0.05, 0) is 349 Å². The molecule has 1 aromatic carbocycles. The van der Waals surface area contributed by atoms with Gasteiger partial charge in [-0.25, -0.2) is 0 Å². The molecule has 646 valence electrons. The average Bonchev–Trinajstić information content (AvgIpc) is 0.727. The quantitative estimate of drug-likeness (QED) is 0.0661. The van der Waals surface area contributed by atoms with E-state index in [1.165, 1.54) is 40.5 Å². The summed E-state index contributed by atoms with van der Waals surface area (Å²) in [5, 5.41) is 109. The summed E-state index contributed by atoms with van der Waals surface area (Å²) in [5.74, 6) is 2.75. The van der Waals surface area contributed by atoms with Crippen molar-refractivity contribution < 1.29 is 41.7 Å². The van der Waals surface area contributed by atoms with E-state index in [0.29, 0.717) is 138 Å². The number of piperidine rings is 8. The van der Waals surface area contributed by atoms with Crippen LogP contribution in [0.3, 0.4) is 0 Å². The molecule has 8 aliphatic heterocycles. The van der Waals surface area contributed by atoms with Gasteiger partial charge in [0.15, 0.2) is 0 Å². The molecule has 3 aromatic rings. The van der Waals surface area contributed by atoms with E-state index >= 15 is 0 Å². The first kappa shape index (κ1) is 90.2. The summed E-state index contributed by atoms with van der Waals surface area (Å²) in [6.45, 7) is 67.2. The van der Waals surface area contributed by atoms with Crippen molar-refractivity contribution in [1.29, 1.82) is 0 Å². The molecule has 114 heavy (non-hydrogen) atoms. The maximum absolute atomic E-state index is 12.1. The number of aromatic nitrogens is 6. The third-order valence-corrected chi connectivity index (χ3v) is 28.4. The first-order valence-corrected chi connectivity index (χ1v) is 42.6. The predicted molar refractivity (Wildman–Crippen MR) is 451 cm³/mol. The summed E-state index contributed by atoms with van der Waals surface area (Å²) in [6, 6.07) is 6.76. The van der Waals surface area contributed by atoms with Crippen molar-refractivity contribution in [2.45, 2.75) is 461 Å². The second kappa shape index (κ2) is 29.1. The van der Waals surface area contributed by atoms with Crippen LogP contribution in [0, 0.1) is 0 Å². The zero-order valence-electron chi connectivity index (χ0n) is 76.8. The van der Waals surface area contributed by atoms with Crippen molar-refractivity contribution in [3.8, 4) is 0 Å². The Labute approximate surface area is 684 Å². The van der Waals surface area contributed by atoms with E-state index in [1.54, 1.807) is 0 Å². The molecule has 8 fully saturated rings. The minimum atomic E-state index is -0.670. The highest BCUT2D eigenvalue weighted by Gasteiger charge is 2.59. The summed E-state index contributed by atoms with van der Waals surface area (Å²) in [5.41, 5.74) is -9.16. The van der Waals surface area contributed by atoms with Gasteiger partial charge in [-0.15, -0.1) is 0 Å². The van der Waals surface area contributed by atoms with Crippen LogP contribution in [-0.4, -0.2) is 263 Å². The van der Waals surface area contributed by atoms with Crippen molar-refractivity contribution in [2.24, 2.45) is 0 Å². The Morgan fingerprint density at radius 2 is 0.298 bits per heavy atom. The van der Waals surface area contributed by atoms with Gasteiger partial charge in [0.25, 0.3) is 0 Å². The van der Waals surface area contributed by atoms with Crippen molar-refractivity contribution >= 4 is 47.1 Å². The van der Waals surface area contributed by atoms with Gasteiger partial charge in [-0.2, -0.15) is 70.4 Å². The lowest BCUT2D eigenvalue weighted by atomic mass is 9.74. The fraction of sp³-hybridized carbons (Fsp3) is 0.860. The molecule has 0 unspecified atom stereocenters. The van der Waals surface area contributed by atoms with Crippen LogP contribution in [0.2, 0.25) is 0 Å². The van der Waals surface area contributed by atoms with Gasteiger partial charge < -0.3 is 71.1 Å². The standard InChI is InChI=1S/C86H154N20O8/c1-71(2)39-57(40-72(3,4)99(71)107)95(58-41-73(5,6)100(108)74(7,8)42-58)67-87-65(88-68(91-67)96(59-43-75(9,10)101(109)76(11,12)44-59)60-45-77(13,14)102(110)78(15,16)46-60)93(33)55-35-37-56(38-36-55)94(34)66-89-69(97(61-47-79(17,18)103(111)80(19,20)48-61)62-49-81(21,22)104(112)82(23,24)50-62)92-70(90-66)98(63-51-83(25,26)105(113)84(27,28)52-63)64-53-85(29,30)106(114)86(31,32)54-64/h35-38,57-64,107-114H,39-54H2,1-34H3. The van der Waals surface area contributed by atoms with Gasteiger partial charge in [0.05, 0.1) is 0 Å². The zero-order valence-corrected chi connectivity index (χ0v) is 76.8. The molecule has 0 saturated carbocycles. The molecule has 28 heteroatoms. The topological polar surface area (TPSA) is 285 Å². The molecule has 0 spiro atoms. The van der Waals surface area contributed by atoms with E-state index in [1.807, 2.05) is 23.9 Å². The Morgan fingerprint density at radius 3 is 0.404 bits per heavy atom. The number of hydrogen-bond donors (Lipinski definition) is 8. The van der Waals surface area contributed by atoms with Crippen LogP contribution >= 0.6 is 0 Å². The maximum Gasteiger partial charge on any atom is 0.236 e. The molecule has 10 heterocycles. The molecule has 0 amide bonds. The van der Waals surface area contributed by atoms with Gasteiger partial charge >= 0.3 is 0 Å². The van der Waals surface area contributed by atoms with Crippen LogP contribution in [0.4, 0.5) is 47.1 Å². The molecule has 0 aliphatic carbocycles. The minimum absolute atomic E-state index is 0.197. The first-order chi connectivity index (χ1) is 51.4. The number of hydrogen-bond acceptors (Lipinski definition) is 28. The summed E-state index contributed by atoms with van der Waals surface area (Å²) < 4.78 is 0. The SMILES string of the molecule is CN(c1ccc(N(C)c2nc(N(C3CC(C)(C)N(O)C(C)(C)C3)C3CC(C)(C)N(O)C(C)(C)C3)nc(N(C3CC(C)(C)N(O)C(C)(C)C3)C3CC(C)(C)N(O)C(C)(C)C3)n2)cc1)c1nc(N(C2CC(C)(C)N(O)C(C)(C)C2)C2CC(C)(C)N(O)C(C)(C)C2)nc(N(C2CC(C)(C)N(O)C(C)(C)C2)C2CC(C)(C)N(O)C(C)(C)C2)n1. The Kier molecular flexibility index (Phi) is 23.0. The van der Waals surface area contributed by atoms with Crippen LogP contribution in [0.5, 0.6) is 0 Å². The monoisotopic (exact) mass is 1600 g/mol. The number of anilines is 8. The van der Waals surface area contributed by atoms with E-state index in [2.05, 4.69) is 265 Å². The molecule has 8 N–H and O–H groups in total. The minimum Gasteiger partial charge on any atom is -0.334 e. The van der Waals surface area contributed by atoms with Crippen LogP contribution in [0.15, 0.2) is 24.3 Å². The molecule has 8 aliphatic rings. The highest BCUT2D eigenvalue weighted by Crippen LogP contribution is 2.53. The lowest BCUT2D eigenvalue weighted by Gasteiger charge is -2.59. The van der Waals surface area contributed by atoms with Gasteiger partial charge in [0, 0.05) is 162 Å². The number of benzene rings is 1. The van der Waals surface area contributed by atoms with Crippen molar-refractivity contribution in [3.05, 3.63) is 24.3 Å². The first-order valence-electron chi connectivity index (χ1n) is 42.6. The highest BCUT2D eigenvalue weighted by molar-refractivity contribution is 5.67. The van der Waals surface area contributed by atoms with Gasteiger partial charge in [0.2, 0.25) is 35.7 Å². The molecule has 0 radical (unpaired) electrons. The van der Waals surface area contributed by atoms with E-state index in [9.17, 15) is 41.7 Å². The molecular weight excluding hydrogens is 1440 g/mol. The summed E-state index contributed by atoms with van der Waals surface area (Å²) in [4.78, 5) is 48.5. The molecule has 28 nitrogen and oxygen atoms in total. The van der Waals surface area contributed by atoms with E-state index < -0.39 is 88.6 Å². The van der Waals surface area contributed by atoms with Crippen LogP contribution in [0.25, 0.3) is 0 Å². The molecule has 8 saturated heterocycles. The van der Waals surface area contributed by atoms with Gasteiger partial charge in [-0.1, -0.05) is 0 Å². The van der Waals surface area contributed by atoms with Gasteiger partial charge in [0.1, 0.15) is 0 Å². The van der Waals surface area contributed by atoms with E-state index in [0.717, 1.165) is 11.4 Å². The van der Waals surface area contributed by atoms with Crippen LogP contribution in [0.1, 0.15) is 324 Å². The average molecular weight is 1600 g/mol. The third-order valence-electron chi connectivity index (χ3n) is 28.4. The lowest BCUT2D eigenvalue weighted by molar-refractivity contribution is -0.251. The molecule has 0 bridgehead atoms. The largest absolute Gasteiger partial charge is 0.334 e. The number of rotatable bonds is 16. The molecule has 2 aromatic heterocycles. The molecule has 0 atom stereocenters. The van der Waals surface area contributed by atoms with Crippen LogP contribution in [-0.2, 0) is 0 Å². The Bertz CT molecular complexity index is 3180. The fourth-order valence-corrected chi connectivity index (χ4v) is 24.4. The summed E-state index contributed by atoms with van der Waals surface area (Å²) >= 11 is 0. The zero-order chi connectivity index (χ0) is 85.7. The number of nitrogens with zero attached hydrogens (tertiary/aromatic N) is 20. The van der Waals surface area contributed by atoms with Gasteiger partial charge in [-0.3, -0.25) is 0 Å². The van der Waals surface area contributed by atoms with E-state index in [-0.39, 0.29) is 48.3 Å².